The van der Waals surface area contributed by atoms with Crippen LogP contribution in [-0.4, -0.2) is 30.6 Å². The van der Waals surface area contributed by atoms with Gasteiger partial charge in [-0.15, -0.1) is 0 Å². The molecule has 0 aromatic heterocycles. The van der Waals surface area contributed by atoms with E-state index in [-0.39, 0.29) is 27.5 Å². The monoisotopic (exact) mass is 441 g/mol. The lowest BCUT2D eigenvalue weighted by Crippen LogP contribution is -2.31. The van der Waals surface area contributed by atoms with Crippen molar-refractivity contribution in [1.29, 1.82) is 0 Å². The number of nitrogens with zero attached hydrogens (tertiary/aromatic N) is 1. The number of amides is 1. The molecule has 0 saturated carbocycles. The van der Waals surface area contributed by atoms with E-state index in [0.29, 0.717) is 10.6 Å². The first-order chi connectivity index (χ1) is 13.1. The van der Waals surface area contributed by atoms with Crippen LogP contribution < -0.4 is 10.6 Å². The summed E-state index contributed by atoms with van der Waals surface area (Å²) in [6.07, 6.45) is 0. The van der Waals surface area contributed by atoms with Crippen molar-refractivity contribution in [3.05, 3.63) is 52.0 Å². The van der Waals surface area contributed by atoms with Crippen LogP contribution in [0.15, 0.2) is 46.3 Å². The summed E-state index contributed by atoms with van der Waals surface area (Å²) in [7, 11) is -3.83. The average molecular weight is 442 g/mol. The minimum absolute atomic E-state index is 0.0504. The van der Waals surface area contributed by atoms with Gasteiger partial charge in [0.05, 0.1) is 16.0 Å². The zero-order valence-corrected chi connectivity index (χ0v) is 17.2. The number of halogens is 2. The second-order valence-corrected chi connectivity index (χ2v) is 9.70. The van der Waals surface area contributed by atoms with E-state index in [0.717, 1.165) is 0 Å². The maximum absolute atomic E-state index is 12.5. The predicted octanol–water partition coefficient (Wildman–Crippen LogP) is 3.52. The van der Waals surface area contributed by atoms with E-state index in [9.17, 15) is 18.3 Å². The fourth-order valence-corrected chi connectivity index (χ4v) is 4.52. The number of anilines is 1. The number of benzene rings is 2. The first-order valence-electron chi connectivity index (χ1n) is 8.27. The maximum atomic E-state index is 12.5. The van der Waals surface area contributed by atoms with Gasteiger partial charge < -0.3 is 10.4 Å². The normalized spacial score (nSPS) is 16.8. The molecule has 0 saturated heterocycles. The summed E-state index contributed by atoms with van der Waals surface area (Å²) < 4.78 is 25.0. The average Bonchev–Trinajstić information content (AvgIpc) is 2.97. The predicted molar refractivity (Wildman–Crippen MR) is 109 cm³/mol. The van der Waals surface area contributed by atoms with Crippen LogP contribution in [-0.2, 0) is 14.6 Å². The van der Waals surface area contributed by atoms with Crippen LogP contribution in [0.3, 0.4) is 0 Å². The van der Waals surface area contributed by atoms with Crippen molar-refractivity contribution in [2.75, 3.05) is 5.32 Å². The summed E-state index contributed by atoms with van der Waals surface area (Å²) in [5.74, 6) is -0.849. The largest absolute Gasteiger partial charge is 0.504 e. The molecule has 0 aliphatic carbocycles. The van der Waals surface area contributed by atoms with E-state index in [1.54, 1.807) is 24.3 Å². The lowest BCUT2D eigenvalue weighted by atomic mass is 10.1. The highest BCUT2D eigenvalue weighted by molar-refractivity contribution is 7.92. The number of hydrogen-bond acceptors (Lipinski definition) is 6. The standard InChI is InChI=1S/C18H17Cl2N3O4S/c1-9(2)28(26,27)16-12(20)6-7-13(15(16)24)21-18-22-14(17(25)23-18)10-4-3-5-11(19)8-10/h3-9,14,24H,1-2H3,(H2,21,22,23,25). The Morgan fingerprint density at radius 2 is 1.93 bits per heavy atom. The summed E-state index contributed by atoms with van der Waals surface area (Å²) in [6.45, 7) is 2.98. The summed E-state index contributed by atoms with van der Waals surface area (Å²) in [5, 5.41) is 15.4. The third-order valence-electron chi connectivity index (χ3n) is 4.15. The van der Waals surface area contributed by atoms with Crippen LogP contribution in [0.25, 0.3) is 0 Å². The van der Waals surface area contributed by atoms with Gasteiger partial charge in [-0.05, 0) is 43.7 Å². The fraction of sp³-hybridized carbons (Fsp3) is 0.222. The van der Waals surface area contributed by atoms with Crippen LogP contribution in [0.2, 0.25) is 10.0 Å². The summed E-state index contributed by atoms with van der Waals surface area (Å²) >= 11 is 12.0. The smallest absolute Gasteiger partial charge is 0.256 e. The molecule has 0 fully saturated rings. The number of aromatic hydroxyl groups is 1. The van der Waals surface area contributed by atoms with Crippen LogP contribution in [0.1, 0.15) is 25.5 Å². The van der Waals surface area contributed by atoms with Gasteiger partial charge in [0, 0.05) is 5.02 Å². The molecular formula is C18H17Cl2N3O4S. The fourth-order valence-electron chi connectivity index (χ4n) is 2.65. The highest BCUT2D eigenvalue weighted by Crippen LogP contribution is 2.39. The maximum Gasteiger partial charge on any atom is 0.256 e. The number of aliphatic imine (C=N–C) groups is 1. The number of carbonyl (C=O) groups is 1. The lowest BCUT2D eigenvalue weighted by molar-refractivity contribution is -0.120. The topological polar surface area (TPSA) is 108 Å². The van der Waals surface area contributed by atoms with E-state index in [1.807, 2.05) is 0 Å². The van der Waals surface area contributed by atoms with E-state index >= 15 is 0 Å². The molecular weight excluding hydrogens is 425 g/mol. The number of sulfone groups is 1. The van der Waals surface area contributed by atoms with E-state index in [2.05, 4.69) is 15.6 Å². The molecule has 10 heteroatoms. The molecule has 148 valence electrons. The zero-order chi connectivity index (χ0) is 20.6. The molecule has 0 spiro atoms. The zero-order valence-electron chi connectivity index (χ0n) is 14.9. The van der Waals surface area contributed by atoms with Crippen LogP contribution in [0, 0.1) is 0 Å². The third kappa shape index (κ3) is 3.80. The Bertz CT molecular complexity index is 1080. The minimum Gasteiger partial charge on any atom is -0.504 e. The Labute approximate surface area is 172 Å². The summed E-state index contributed by atoms with van der Waals surface area (Å²) in [6, 6.07) is 8.68. The number of phenols is 1. The molecule has 1 atom stereocenters. The Morgan fingerprint density at radius 3 is 2.57 bits per heavy atom. The summed E-state index contributed by atoms with van der Waals surface area (Å²) in [4.78, 5) is 16.1. The van der Waals surface area contributed by atoms with Gasteiger partial charge in [-0.3, -0.25) is 10.1 Å². The lowest BCUT2D eigenvalue weighted by Gasteiger charge is -2.15. The van der Waals surface area contributed by atoms with Gasteiger partial charge in [0.2, 0.25) is 5.96 Å². The first kappa shape index (κ1) is 20.4. The minimum atomic E-state index is -3.83. The third-order valence-corrected chi connectivity index (χ3v) is 7.04. The van der Waals surface area contributed by atoms with Crippen LogP contribution in [0.4, 0.5) is 5.69 Å². The molecule has 1 aliphatic heterocycles. The number of nitrogens with one attached hydrogen (secondary N) is 2. The van der Waals surface area contributed by atoms with E-state index in [1.165, 1.54) is 26.0 Å². The summed E-state index contributed by atoms with van der Waals surface area (Å²) in [5.41, 5.74) is 0.652. The quantitative estimate of drug-likeness (QED) is 0.628. The number of rotatable bonds is 4. The number of hydrogen-bond donors (Lipinski definition) is 3. The van der Waals surface area contributed by atoms with Gasteiger partial charge in [-0.25, -0.2) is 13.4 Å². The second kappa shape index (κ2) is 7.62. The van der Waals surface area contributed by atoms with Gasteiger partial charge in [0.15, 0.2) is 21.6 Å². The van der Waals surface area contributed by atoms with Crippen LogP contribution in [0.5, 0.6) is 5.75 Å². The second-order valence-electron chi connectivity index (χ2n) is 6.42. The van der Waals surface area contributed by atoms with Gasteiger partial charge in [-0.1, -0.05) is 35.3 Å². The molecule has 0 radical (unpaired) electrons. The van der Waals surface area contributed by atoms with Crippen molar-refractivity contribution in [1.82, 2.24) is 5.32 Å². The molecule has 3 N–H and O–H groups in total. The SMILES string of the molecule is CC(C)S(=O)(=O)c1c(Cl)ccc(NC2=NC(c3cccc(Cl)c3)C(=O)N2)c1O. The highest BCUT2D eigenvalue weighted by atomic mass is 35.5. The molecule has 0 bridgehead atoms. The van der Waals surface area contributed by atoms with Crippen molar-refractivity contribution in [3.63, 3.8) is 0 Å². The van der Waals surface area contributed by atoms with Crippen LogP contribution >= 0.6 is 23.2 Å². The Balaban J connectivity index is 1.95. The van der Waals surface area contributed by atoms with Crippen molar-refractivity contribution in [2.24, 2.45) is 4.99 Å². The van der Waals surface area contributed by atoms with Gasteiger partial charge in [0.25, 0.3) is 5.91 Å². The molecule has 1 unspecified atom stereocenters. The van der Waals surface area contributed by atoms with Gasteiger partial charge >= 0.3 is 0 Å². The number of guanidine groups is 1. The van der Waals surface area contributed by atoms with Crippen molar-refractivity contribution in [3.8, 4) is 5.75 Å². The van der Waals surface area contributed by atoms with E-state index < -0.39 is 26.9 Å². The van der Waals surface area contributed by atoms with Crippen molar-refractivity contribution in [2.45, 2.75) is 30.0 Å². The highest BCUT2D eigenvalue weighted by Gasteiger charge is 2.31. The molecule has 1 amide bonds. The molecule has 1 aliphatic rings. The molecule has 1 heterocycles. The van der Waals surface area contributed by atoms with Gasteiger partial charge in [0.1, 0.15) is 4.90 Å². The molecule has 3 rings (SSSR count). The Kier molecular flexibility index (Phi) is 5.56. The number of carbonyl (C=O) groups excluding carboxylic acids is 1. The van der Waals surface area contributed by atoms with Crippen molar-refractivity contribution < 1.29 is 18.3 Å². The first-order valence-corrected chi connectivity index (χ1v) is 10.6. The molecule has 2 aromatic rings. The van der Waals surface area contributed by atoms with Gasteiger partial charge in [-0.2, -0.15) is 0 Å². The van der Waals surface area contributed by atoms with Crippen molar-refractivity contribution >= 4 is 50.6 Å². The molecule has 7 nitrogen and oxygen atoms in total. The number of phenolic OH excluding ortho intramolecular Hbond substituents is 1. The van der Waals surface area contributed by atoms with E-state index in [4.69, 9.17) is 23.2 Å². The molecule has 2 aromatic carbocycles. The Morgan fingerprint density at radius 1 is 1.21 bits per heavy atom. The molecule has 28 heavy (non-hydrogen) atoms. The Hall–Kier alpha value is -2.29.